The number of hydrogen-bond acceptors (Lipinski definition) is 5. The SMILES string of the molecule is CCCCCCCCCCCCCCCCCCOC[C@@H](COC(=O)OCC[n+]1ccccc1)OC. The van der Waals surface area contributed by atoms with Gasteiger partial charge in [-0.2, -0.15) is 0 Å². The Morgan fingerprint density at radius 1 is 0.667 bits per heavy atom. The van der Waals surface area contributed by atoms with Crippen molar-refractivity contribution in [1.29, 1.82) is 0 Å². The molecule has 0 saturated heterocycles. The third-order valence-electron chi connectivity index (χ3n) is 6.51. The molecule has 0 aliphatic carbocycles. The van der Waals surface area contributed by atoms with Crippen molar-refractivity contribution in [3.05, 3.63) is 30.6 Å². The molecule has 1 heterocycles. The van der Waals surface area contributed by atoms with Crippen molar-refractivity contribution in [2.24, 2.45) is 0 Å². The fourth-order valence-corrected chi connectivity index (χ4v) is 4.17. The van der Waals surface area contributed by atoms with Crippen molar-refractivity contribution in [2.45, 2.75) is 122 Å². The second-order valence-corrected chi connectivity index (χ2v) is 9.76. The summed E-state index contributed by atoms with van der Waals surface area (Å²) in [6.45, 7) is 4.40. The van der Waals surface area contributed by atoms with Gasteiger partial charge in [0, 0.05) is 25.8 Å². The van der Waals surface area contributed by atoms with Gasteiger partial charge in [-0.15, -0.1) is 0 Å². The fourth-order valence-electron chi connectivity index (χ4n) is 4.17. The van der Waals surface area contributed by atoms with Gasteiger partial charge in [0.25, 0.3) is 0 Å². The predicted molar refractivity (Wildman–Crippen MR) is 145 cm³/mol. The summed E-state index contributed by atoms with van der Waals surface area (Å²) in [6.07, 6.45) is 24.7. The molecule has 1 aromatic heterocycles. The molecule has 0 spiro atoms. The van der Waals surface area contributed by atoms with Gasteiger partial charge in [0.1, 0.15) is 12.7 Å². The maximum absolute atomic E-state index is 11.7. The van der Waals surface area contributed by atoms with E-state index in [0.717, 1.165) is 13.0 Å². The summed E-state index contributed by atoms with van der Waals surface area (Å²) in [6, 6.07) is 5.81. The first-order chi connectivity index (χ1) is 17.8. The van der Waals surface area contributed by atoms with Gasteiger partial charge in [-0.3, -0.25) is 0 Å². The Kier molecular flexibility index (Phi) is 22.5. The molecule has 208 valence electrons. The predicted octanol–water partition coefficient (Wildman–Crippen LogP) is 7.42. The van der Waals surface area contributed by atoms with Crippen molar-refractivity contribution < 1.29 is 28.3 Å². The van der Waals surface area contributed by atoms with Crippen LogP contribution in [0.5, 0.6) is 0 Å². The van der Waals surface area contributed by atoms with E-state index in [1.165, 1.54) is 96.3 Å². The molecule has 6 nitrogen and oxygen atoms in total. The number of rotatable bonds is 25. The summed E-state index contributed by atoms with van der Waals surface area (Å²) in [5.74, 6) is 0. The van der Waals surface area contributed by atoms with Gasteiger partial charge in [0.05, 0.1) is 6.61 Å². The molecule has 1 atom stereocenters. The first kappa shape index (κ1) is 32.4. The van der Waals surface area contributed by atoms with E-state index in [9.17, 15) is 4.79 Å². The van der Waals surface area contributed by atoms with Gasteiger partial charge < -0.3 is 18.9 Å². The average molecular weight is 509 g/mol. The number of unbranched alkanes of at least 4 members (excludes halogenated alkanes) is 15. The van der Waals surface area contributed by atoms with Crippen LogP contribution >= 0.6 is 0 Å². The highest BCUT2D eigenvalue weighted by Crippen LogP contribution is 2.13. The molecular weight excluding hydrogens is 454 g/mol. The minimum Gasteiger partial charge on any atom is -0.431 e. The zero-order valence-electron chi connectivity index (χ0n) is 23.3. The molecule has 1 rings (SSSR count). The number of pyridine rings is 1. The number of aromatic nitrogens is 1. The number of nitrogens with zero attached hydrogens (tertiary/aromatic N) is 1. The van der Waals surface area contributed by atoms with Crippen LogP contribution in [0.1, 0.15) is 110 Å². The Morgan fingerprint density at radius 3 is 1.72 bits per heavy atom. The molecule has 0 aliphatic heterocycles. The van der Waals surface area contributed by atoms with Gasteiger partial charge in [-0.25, -0.2) is 9.36 Å². The minimum absolute atomic E-state index is 0.132. The molecule has 6 heteroatoms. The summed E-state index contributed by atoms with van der Waals surface area (Å²) < 4.78 is 23.3. The standard InChI is InChI=1S/C30H54NO5/c1-3-4-5-6-7-8-9-10-11-12-13-14-15-16-17-21-25-34-27-29(33-2)28-36-30(32)35-26-24-31-22-19-18-20-23-31/h18-20,22-23,29H,3-17,21,24-28H2,1-2H3/q+1/t29-/m0/s1. The highest BCUT2D eigenvalue weighted by atomic mass is 16.7. The molecule has 0 unspecified atom stereocenters. The molecular formula is C30H54NO5+. The van der Waals surface area contributed by atoms with Crippen LogP contribution in [-0.4, -0.2) is 45.8 Å². The molecule has 0 fully saturated rings. The molecule has 0 N–H and O–H groups in total. The van der Waals surface area contributed by atoms with E-state index >= 15 is 0 Å². The average Bonchev–Trinajstić information content (AvgIpc) is 2.90. The second kappa shape index (κ2) is 25.0. The second-order valence-electron chi connectivity index (χ2n) is 9.76. The van der Waals surface area contributed by atoms with Gasteiger partial charge in [-0.05, 0) is 6.42 Å². The van der Waals surface area contributed by atoms with Crippen LogP contribution in [0.3, 0.4) is 0 Å². The topological polar surface area (TPSA) is 57.9 Å². The number of ether oxygens (including phenoxy) is 4. The van der Waals surface area contributed by atoms with E-state index in [2.05, 4.69) is 6.92 Å². The summed E-state index contributed by atoms with van der Waals surface area (Å²) in [5.41, 5.74) is 0. The lowest BCUT2D eigenvalue weighted by Crippen LogP contribution is -2.35. The van der Waals surface area contributed by atoms with Gasteiger partial charge in [0.15, 0.2) is 25.5 Å². The Labute approximate surface area is 221 Å². The van der Waals surface area contributed by atoms with Gasteiger partial charge in [-0.1, -0.05) is 109 Å². The smallest absolute Gasteiger partial charge is 0.431 e. The van der Waals surface area contributed by atoms with E-state index in [1.807, 2.05) is 35.2 Å². The third-order valence-corrected chi connectivity index (χ3v) is 6.51. The molecule has 0 saturated carbocycles. The van der Waals surface area contributed by atoms with Gasteiger partial charge >= 0.3 is 6.16 Å². The molecule has 0 radical (unpaired) electrons. The highest BCUT2D eigenvalue weighted by Gasteiger charge is 2.13. The number of carbonyl (C=O) groups is 1. The van der Waals surface area contributed by atoms with Crippen molar-refractivity contribution in [3.63, 3.8) is 0 Å². The van der Waals surface area contributed by atoms with E-state index < -0.39 is 6.16 Å². The maximum atomic E-state index is 11.7. The zero-order valence-corrected chi connectivity index (χ0v) is 23.3. The normalized spacial score (nSPS) is 11.9. The molecule has 0 aliphatic rings. The lowest BCUT2D eigenvalue weighted by molar-refractivity contribution is -0.698. The van der Waals surface area contributed by atoms with Gasteiger partial charge in [0.2, 0.25) is 0 Å². The van der Waals surface area contributed by atoms with Crippen LogP contribution < -0.4 is 4.57 Å². The van der Waals surface area contributed by atoms with Crippen LogP contribution in [0.2, 0.25) is 0 Å². The molecule has 0 amide bonds. The summed E-state index contributed by atoms with van der Waals surface area (Å²) >= 11 is 0. The first-order valence-corrected chi connectivity index (χ1v) is 14.6. The minimum atomic E-state index is -0.675. The molecule has 0 aromatic carbocycles. The van der Waals surface area contributed by atoms with Crippen molar-refractivity contribution >= 4 is 6.16 Å². The van der Waals surface area contributed by atoms with Crippen molar-refractivity contribution in [1.82, 2.24) is 0 Å². The van der Waals surface area contributed by atoms with Crippen LogP contribution in [-0.2, 0) is 25.5 Å². The lowest BCUT2D eigenvalue weighted by Gasteiger charge is -2.15. The molecule has 1 aromatic rings. The number of hydrogen-bond donors (Lipinski definition) is 0. The summed E-state index contributed by atoms with van der Waals surface area (Å²) in [5, 5.41) is 0. The lowest BCUT2D eigenvalue weighted by atomic mass is 10.0. The van der Waals surface area contributed by atoms with Crippen LogP contribution in [0, 0.1) is 0 Å². The molecule has 0 bridgehead atoms. The quantitative estimate of drug-likeness (QED) is 0.0781. The fraction of sp³-hybridized carbons (Fsp3) is 0.800. The number of methoxy groups -OCH3 is 1. The molecule has 36 heavy (non-hydrogen) atoms. The first-order valence-electron chi connectivity index (χ1n) is 14.6. The third kappa shape index (κ3) is 20.5. The highest BCUT2D eigenvalue weighted by molar-refractivity contribution is 5.59. The van der Waals surface area contributed by atoms with Crippen LogP contribution in [0.15, 0.2) is 30.6 Å². The van der Waals surface area contributed by atoms with Crippen LogP contribution in [0.25, 0.3) is 0 Å². The van der Waals surface area contributed by atoms with Crippen molar-refractivity contribution in [3.8, 4) is 0 Å². The van der Waals surface area contributed by atoms with E-state index in [4.69, 9.17) is 18.9 Å². The monoisotopic (exact) mass is 508 g/mol. The number of carbonyl (C=O) groups excluding carboxylic acids is 1. The zero-order chi connectivity index (χ0) is 25.9. The van der Waals surface area contributed by atoms with E-state index in [1.54, 1.807) is 7.11 Å². The Balaban J connectivity index is 1.83. The Morgan fingerprint density at radius 2 is 1.19 bits per heavy atom. The Hall–Kier alpha value is -1.66. The van der Waals surface area contributed by atoms with Crippen LogP contribution in [0.4, 0.5) is 4.79 Å². The summed E-state index contributed by atoms with van der Waals surface area (Å²) in [4.78, 5) is 11.7. The van der Waals surface area contributed by atoms with Crippen molar-refractivity contribution in [2.75, 3.05) is 33.5 Å². The van der Waals surface area contributed by atoms with E-state index in [-0.39, 0.29) is 19.3 Å². The van der Waals surface area contributed by atoms with E-state index in [0.29, 0.717) is 13.2 Å². The maximum Gasteiger partial charge on any atom is 0.508 e. The Bertz CT molecular complexity index is 598. The largest absolute Gasteiger partial charge is 0.508 e. The summed E-state index contributed by atoms with van der Waals surface area (Å²) in [7, 11) is 1.60.